The van der Waals surface area contributed by atoms with E-state index in [0.29, 0.717) is 26.2 Å². The zero-order valence-corrected chi connectivity index (χ0v) is 16.9. The topological polar surface area (TPSA) is 122 Å². The molecule has 0 radical (unpaired) electrons. The van der Waals surface area contributed by atoms with Crippen LogP contribution in [0.1, 0.15) is 15.9 Å². The van der Waals surface area contributed by atoms with E-state index < -0.39 is 15.8 Å². The maximum Gasteiger partial charge on any atom is 0.273 e. The van der Waals surface area contributed by atoms with Crippen LogP contribution in [0.4, 0.5) is 17.1 Å². The lowest BCUT2D eigenvalue weighted by Crippen LogP contribution is -2.52. The van der Waals surface area contributed by atoms with Crippen LogP contribution in [-0.2, 0) is 0 Å². The van der Waals surface area contributed by atoms with Gasteiger partial charge >= 0.3 is 0 Å². The number of nitro groups is 2. The summed E-state index contributed by atoms with van der Waals surface area (Å²) in [6.45, 7) is 3.90. The normalized spacial score (nSPS) is 13.6. The van der Waals surface area contributed by atoms with Gasteiger partial charge in [-0.15, -0.1) is 0 Å². The monoisotopic (exact) mass is 429 g/mol. The Morgan fingerprint density at radius 3 is 2.20 bits per heavy atom. The average molecular weight is 429 g/mol. The van der Waals surface area contributed by atoms with Crippen molar-refractivity contribution in [2.75, 3.05) is 31.1 Å². The van der Waals surface area contributed by atoms with Crippen molar-refractivity contribution in [1.29, 1.82) is 0 Å². The van der Waals surface area contributed by atoms with Crippen LogP contribution >= 0.6 is 12.2 Å². The minimum atomic E-state index is -0.526. The second-order valence-electron chi connectivity index (χ2n) is 6.71. The number of nitro benzene ring substituents is 2. The van der Waals surface area contributed by atoms with E-state index in [2.05, 4.69) is 10.2 Å². The van der Waals surface area contributed by atoms with Gasteiger partial charge in [-0.1, -0.05) is 6.07 Å². The zero-order valence-electron chi connectivity index (χ0n) is 16.1. The summed E-state index contributed by atoms with van der Waals surface area (Å²) in [5.74, 6) is -0.487. The minimum absolute atomic E-state index is 0.0396. The number of hydrogen-bond acceptors (Lipinski definition) is 7. The Hall–Kier alpha value is -3.60. The van der Waals surface area contributed by atoms with Gasteiger partial charge in [-0.2, -0.15) is 0 Å². The van der Waals surface area contributed by atoms with E-state index >= 15 is 0 Å². The van der Waals surface area contributed by atoms with Crippen LogP contribution in [0.15, 0.2) is 42.5 Å². The molecule has 0 aromatic heterocycles. The molecule has 0 bridgehead atoms. The van der Waals surface area contributed by atoms with Crippen molar-refractivity contribution in [2.24, 2.45) is 0 Å². The van der Waals surface area contributed by atoms with Crippen molar-refractivity contribution in [3.8, 4) is 0 Å². The van der Waals surface area contributed by atoms with Crippen molar-refractivity contribution in [1.82, 2.24) is 10.2 Å². The number of carbonyl (C=O) groups excluding carboxylic acids is 1. The summed E-state index contributed by atoms with van der Waals surface area (Å²) >= 11 is 5.35. The third-order valence-corrected chi connectivity index (χ3v) is 5.32. The molecule has 30 heavy (non-hydrogen) atoms. The van der Waals surface area contributed by atoms with E-state index in [4.69, 9.17) is 12.2 Å². The lowest BCUT2D eigenvalue weighted by Gasteiger charge is -2.37. The van der Waals surface area contributed by atoms with Crippen molar-refractivity contribution >= 4 is 40.3 Å². The fraction of sp³-hybridized carbons (Fsp3) is 0.263. The third-order valence-electron chi connectivity index (χ3n) is 4.96. The molecule has 10 nitrogen and oxygen atoms in total. The van der Waals surface area contributed by atoms with E-state index in [9.17, 15) is 25.0 Å². The first-order chi connectivity index (χ1) is 14.3. The first-order valence-electron chi connectivity index (χ1n) is 9.11. The second kappa shape index (κ2) is 8.82. The maximum atomic E-state index is 12.6. The number of nitrogens with zero attached hydrogens (tertiary/aromatic N) is 4. The molecule has 11 heteroatoms. The van der Waals surface area contributed by atoms with Gasteiger partial charge in [0, 0.05) is 61.2 Å². The highest BCUT2D eigenvalue weighted by molar-refractivity contribution is 7.80. The molecular formula is C19H19N5O5S. The molecule has 1 saturated heterocycles. The number of benzene rings is 2. The van der Waals surface area contributed by atoms with Crippen LogP contribution in [0.25, 0.3) is 0 Å². The largest absolute Gasteiger partial charge is 0.368 e. The number of nitrogens with one attached hydrogen (secondary N) is 1. The molecule has 0 spiro atoms. The van der Waals surface area contributed by atoms with Crippen LogP contribution in [0.2, 0.25) is 0 Å². The van der Waals surface area contributed by atoms with Crippen molar-refractivity contribution in [3.05, 3.63) is 73.8 Å². The van der Waals surface area contributed by atoms with E-state index in [1.807, 2.05) is 4.90 Å². The van der Waals surface area contributed by atoms with Gasteiger partial charge in [0.2, 0.25) is 0 Å². The highest BCUT2D eigenvalue weighted by atomic mass is 32.1. The minimum Gasteiger partial charge on any atom is -0.368 e. The molecule has 0 saturated carbocycles. The van der Waals surface area contributed by atoms with Gasteiger partial charge in [-0.05, 0) is 37.3 Å². The Labute approximate surface area is 177 Å². The Morgan fingerprint density at radius 1 is 1.00 bits per heavy atom. The summed E-state index contributed by atoms with van der Waals surface area (Å²) < 4.78 is 0. The first kappa shape index (κ1) is 21.1. The van der Waals surface area contributed by atoms with Gasteiger partial charge in [-0.3, -0.25) is 30.3 Å². The SMILES string of the molecule is Cc1c(C(=O)NC(=S)N2CCN(c3ccc([N+](=O)[O-])cc3)CC2)cccc1[N+](=O)[O-]. The van der Waals surface area contributed by atoms with Crippen molar-refractivity contribution < 1.29 is 14.6 Å². The quantitative estimate of drug-likeness (QED) is 0.447. The predicted octanol–water partition coefficient (Wildman–Crippen LogP) is 2.65. The summed E-state index contributed by atoms with van der Waals surface area (Å²) in [6, 6.07) is 10.7. The molecule has 2 aromatic carbocycles. The van der Waals surface area contributed by atoms with Crippen molar-refractivity contribution in [3.63, 3.8) is 0 Å². The number of hydrogen-bond donors (Lipinski definition) is 1. The highest BCUT2D eigenvalue weighted by Gasteiger charge is 2.23. The lowest BCUT2D eigenvalue weighted by atomic mass is 10.1. The number of anilines is 1. The number of piperazine rings is 1. The molecule has 0 unspecified atom stereocenters. The standard InChI is InChI=1S/C19H19N5O5S/c1-13-16(3-2-4-17(13)24(28)29)18(25)20-19(30)22-11-9-21(10-12-22)14-5-7-15(8-6-14)23(26)27/h2-8H,9-12H2,1H3,(H,20,25,30). The van der Waals surface area contributed by atoms with Gasteiger partial charge in [0.25, 0.3) is 17.3 Å². The van der Waals surface area contributed by atoms with Crippen LogP contribution in [-0.4, -0.2) is 51.9 Å². The molecule has 1 amide bonds. The number of rotatable bonds is 4. The number of non-ortho nitro benzene ring substituents is 1. The summed E-state index contributed by atoms with van der Waals surface area (Å²) in [6.07, 6.45) is 0. The summed E-state index contributed by atoms with van der Waals surface area (Å²) in [7, 11) is 0. The van der Waals surface area contributed by atoms with E-state index in [1.54, 1.807) is 12.1 Å². The Balaban J connectivity index is 1.59. The fourth-order valence-electron chi connectivity index (χ4n) is 3.26. The molecule has 0 aliphatic carbocycles. The van der Waals surface area contributed by atoms with Crippen LogP contribution in [0.5, 0.6) is 0 Å². The Bertz CT molecular complexity index is 1000. The number of thiocarbonyl (C=S) groups is 1. The molecule has 1 fully saturated rings. The summed E-state index contributed by atoms with van der Waals surface area (Å²) in [4.78, 5) is 37.4. The Kier molecular flexibility index (Phi) is 6.21. The van der Waals surface area contributed by atoms with Crippen molar-refractivity contribution in [2.45, 2.75) is 6.92 Å². The fourth-order valence-corrected chi connectivity index (χ4v) is 3.54. The molecule has 2 aromatic rings. The maximum absolute atomic E-state index is 12.6. The molecule has 1 aliphatic rings. The van der Waals surface area contributed by atoms with Gasteiger partial charge in [0.05, 0.1) is 9.85 Å². The average Bonchev–Trinajstić information content (AvgIpc) is 2.73. The Morgan fingerprint density at radius 2 is 1.63 bits per heavy atom. The molecule has 1 N–H and O–H groups in total. The van der Waals surface area contributed by atoms with Crippen LogP contribution < -0.4 is 10.2 Å². The smallest absolute Gasteiger partial charge is 0.273 e. The summed E-state index contributed by atoms with van der Waals surface area (Å²) in [5, 5.41) is 24.7. The van der Waals surface area contributed by atoms with Gasteiger partial charge in [0.1, 0.15) is 0 Å². The highest BCUT2D eigenvalue weighted by Crippen LogP contribution is 2.22. The van der Waals surface area contributed by atoms with Gasteiger partial charge in [0.15, 0.2) is 5.11 Å². The number of carbonyl (C=O) groups is 1. The number of amides is 1. The molecule has 1 heterocycles. The molecule has 1 aliphatic heterocycles. The van der Waals surface area contributed by atoms with Crippen LogP contribution in [0.3, 0.4) is 0 Å². The third kappa shape index (κ3) is 4.51. The zero-order chi connectivity index (χ0) is 21.8. The molecular weight excluding hydrogens is 410 g/mol. The first-order valence-corrected chi connectivity index (χ1v) is 9.52. The second-order valence-corrected chi connectivity index (χ2v) is 7.10. The lowest BCUT2D eigenvalue weighted by molar-refractivity contribution is -0.385. The van der Waals surface area contributed by atoms with E-state index in [1.165, 1.54) is 37.3 Å². The van der Waals surface area contributed by atoms with E-state index in [-0.39, 0.29) is 27.6 Å². The summed E-state index contributed by atoms with van der Waals surface area (Å²) in [5.41, 5.74) is 1.28. The van der Waals surface area contributed by atoms with Gasteiger partial charge in [-0.25, -0.2) is 0 Å². The van der Waals surface area contributed by atoms with Gasteiger partial charge < -0.3 is 9.80 Å². The predicted molar refractivity (Wildman–Crippen MR) is 115 cm³/mol. The molecule has 0 atom stereocenters. The van der Waals surface area contributed by atoms with Crippen LogP contribution in [0, 0.1) is 27.2 Å². The molecule has 156 valence electrons. The molecule has 3 rings (SSSR count). The van der Waals surface area contributed by atoms with E-state index in [0.717, 1.165) is 5.69 Å².